The number of aryl methyl sites for hydroxylation is 1. The maximum Gasteiger partial charge on any atom is 0.419 e. The van der Waals surface area contributed by atoms with Gasteiger partial charge in [0.15, 0.2) is 0 Å². The van der Waals surface area contributed by atoms with Gasteiger partial charge >= 0.3 is 6.18 Å². The molecule has 0 aromatic carbocycles. The number of rotatable bonds is 1. The van der Waals surface area contributed by atoms with Crippen molar-refractivity contribution >= 4 is 15.9 Å². The Morgan fingerprint density at radius 2 is 1.87 bits per heavy atom. The second-order valence-electron chi connectivity index (χ2n) is 2.83. The third-order valence-electron chi connectivity index (χ3n) is 1.72. The Morgan fingerprint density at radius 1 is 1.33 bits per heavy atom. The molecule has 7 heteroatoms. The molecule has 0 spiro atoms. The van der Waals surface area contributed by atoms with Crippen molar-refractivity contribution in [2.75, 3.05) is 0 Å². The van der Waals surface area contributed by atoms with Crippen molar-refractivity contribution in [3.8, 4) is 0 Å². The Balaban J connectivity index is 3.32. The van der Waals surface area contributed by atoms with E-state index < -0.39 is 28.5 Å². The minimum atomic E-state index is -4.60. The smallest absolute Gasteiger partial charge is 0.239 e. The van der Waals surface area contributed by atoms with Crippen LogP contribution >= 0.6 is 15.9 Å². The van der Waals surface area contributed by atoms with Crippen molar-refractivity contribution in [2.24, 2.45) is 0 Å². The van der Waals surface area contributed by atoms with Gasteiger partial charge in [-0.3, -0.25) is 0 Å². The van der Waals surface area contributed by atoms with E-state index >= 15 is 0 Å². The van der Waals surface area contributed by atoms with Crippen molar-refractivity contribution in [1.29, 1.82) is 0 Å². The summed E-state index contributed by atoms with van der Waals surface area (Å²) in [6, 6.07) is 0.651. The van der Waals surface area contributed by atoms with Gasteiger partial charge in [-0.1, -0.05) is 0 Å². The summed E-state index contributed by atoms with van der Waals surface area (Å²) in [5, 5.41) is 0. The Morgan fingerprint density at radius 3 is 2.27 bits per heavy atom. The molecule has 1 heterocycles. The molecule has 0 fully saturated rings. The molecule has 0 amide bonds. The van der Waals surface area contributed by atoms with E-state index in [-0.39, 0.29) is 5.56 Å². The van der Waals surface area contributed by atoms with Crippen LogP contribution in [0.15, 0.2) is 10.7 Å². The molecule has 1 aromatic heterocycles. The first-order valence-corrected chi connectivity index (χ1v) is 4.55. The number of hydrogen-bond donors (Lipinski definition) is 0. The van der Waals surface area contributed by atoms with Crippen LogP contribution in [0.3, 0.4) is 0 Å². The quantitative estimate of drug-likeness (QED) is 0.560. The molecule has 1 rings (SSSR count). The standard InChI is InChI=1S/C8H5BrF5N/c1-3-2-4(8(12,13)14)6(9)15-5(3)7(10)11/h2,7H,1H3. The number of alkyl halides is 5. The molecule has 0 aliphatic rings. The highest BCUT2D eigenvalue weighted by Crippen LogP contribution is 2.36. The van der Waals surface area contributed by atoms with Crippen LogP contribution in [0.4, 0.5) is 22.0 Å². The summed E-state index contributed by atoms with van der Waals surface area (Å²) < 4.78 is 60.8. The van der Waals surface area contributed by atoms with Crippen molar-refractivity contribution in [3.05, 3.63) is 27.5 Å². The molecule has 0 unspecified atom stereocenters. The maximum atomic E-state index is 12.3. The second kappa shape index (κ2) is 4.03. The van der Waals surface area contributed by atoms with Gasteiger partial charge < -0.3 is 0 Å². The summed E-state index contributed by atoms with van der Waals surface area (Å²) in [4.78, 5) is 3.19. The summed E-state index contributed by atoms with van der Waals surface area (Å²) in [6.45, 7) is 1.16. The van der Waals surface area contributed by atoms with Crippen molar-refractivity contribution in [1.82, 2.24) is 4.98 Å². The van der Waals surface area contributed by atoms with Gasteiger partial charge in [0.1, 0.15) is 10.3 Å². The predicted molar refractivity (Wildman–Crippen MR) is 46.6 cm³/mol. The molecule has 0 aliphatic heterocycles. The van der Waals surface area contributed by atoms with Crippen molar-refractivity contribution < 1.29 is 22.0 Å². The average molecular weight is 290 g/mol. The van der Waals surface area contributed by atoms with Crippen molar-refractivity contribution in [3.63, 3.8) is 0 Å². The fourth-order valence-corrected chi connectivity index (χ4v) is 1.55. The summed E-state index contributed by atoms with van der Waals surface area (Å²) in [5.41, 5.74) is -1.88. The van der Waals surface area contributed by atoms with Crippen LogP contribution in [0.1, 0.15) is 23.2 Å². The average Bonchev–Trinajstić information content (AvgIpc) is 2.06. The number of hydrogen-bond acceptors (Lipinski definition) is 1. The molecule has 1 aromatic rings. The van der Waals surface area contributed by atoms with Gasteiger partial charge in [0.05, 0.1) is 5.56 Å². The SMILES string of the molecule is Cc1cc(C(F)(F)F)c(Br)nc1C(F)F. The van der Waals surface area contributed by atoms with Gasteiger partial charge in [-0.05, 0) is 34.5 Å². The van der Waals surface area contributed by atoms with Gasteiger partial charge in [-0.15, -0.1) is 0 Å². The lowest BCUT2D eigenvalue weighted by atomic mass is 10.1. The molecule has 0 radical (unpaired) electrons. The van der Waals surface area contributed by atoms with Gasteiger partial charge in [0, 0.05) is 0 Å². The van der Waals surface area contributed by atoms with Crippen LogP contribution in [0.25, 0.3) is 0 Å². The van der Waals surface area contributed by atoms with Gasteiger partial charge in [0.25, 0.3) is 6.43 Å². The van der Waals surface area contributed by atoms with E-state index in [4.69, 9.17) is 0 Å². The van der Waals surface area contributed by atoms with Crippen LogP contribution in [0.2, 0.25) is 0 Å². The highest BCUT2D eigenvalue weighted by molar-refractivity contribution is 9.10. The molecule has 84 valence electrons. The minimum absolute atomic E-state index is 0.180. The zero-order valence-corrected chi connectivity index (χ0v) is 8.96. The Kier molecular flexibility index (Phi) is 3.32. The number of nitrogens with zero attached hydrogens (tertiary/aromatic N) is 1. The molecule has 0 N–H and O–H groups in total. The number of aromatic nitrogens is 1. The van der Waals surface area contributed by atoms with E-state index in [9.17, 15) is 22.0 Å². The Bertz CT molecular complexity index is 374. The lowest BCUT2D eigenvalue weighted by Crippen LogP contribution is -2.09. The summed E-state index contributed by atoms with van der Waals surface area (Å²) in [6.07, 6.45) is -7.49. The van der Waals surface area contributed by atoms with Crippen LogP contribution in [-0.4, -0.2) is 4.98 Å². The van der Waals surface area contributed by atoms with Crippen LogP contribution in [0, 0.1) is 6.92 Å². The third kappa shape index (κ3) is 2.64. The van der Waals surface area contributed by atoms with E-state index in [1.807, 2.05) is 0 Å². The first kappa shape index (κ1) is 12.4. The van der Waals surface area contributed by atoms with E-state index in [1.165, 1.54) is 0 Å². The van der Waals surface area contributed by atoms with E-state index in [2.05, 4.69) is 20.9 Å². The van der Waals surface area contributed by atoms with Crippen LogP contribution < -0.4 is 0 Å². The molecular formula is C8H5BrF5N. The third-order valence-corrected chi connectivity index (χ3v) is 2.32. The summed E-state index contributed by atoms with van der Waals surface area (Å²) in [7, 11) is 0. The zero-order chi connectivity index (χ0) is 11.8. The minimum Gasteiger partial charge on any atom is -0.239 e. The van der Waals surface area contributed by atoms with Crippen LogP contribution in [-0.2, 0) is 6.18 Å². The molecule has 0 atom stereocenters. The molecule has 0 bridgehead atoms. The lowest BCUT2D eigenvalue weighted by molar-refractivity contribution is -0.138. The number of halogens is 6. The molecular weight excluding hydrogens is 285 g/mol. The van der Waals surface area contributed by atoms with Gasteiger partial charge in [0.2, 0.25) is 0 Å². The molecule has 1 nitrogen and oxygen atoms in total. The molecule has 0 aliphatic carbocycles. The maximum absolute atomic E-state index is 12.3. The van der Waals surface area contributed by atoms with E-state index in [0.29, 0.717) is 6.07 Å². The first-order valence-electron chi connectivity index (χ1n) is 3.76. The fraction of sp³-hybridized carbons (Fsp3) is 0.375. The van der Waals surface area contributed by atoms with E-state index in [1.54, 1.807) is 0 Å². The largest absolute Gasteiger partial charge is 0.419 e. The van der Waals surface area contributed by atoms with Gasteiger partial charge in [-0.25, -0.2) is 13.8 Å². The normalized spacial score (nSPS) is 12.3. The van der Waals surface area contributed by atoms with Crippen molar-refractivity contribution in [2.45, 2.75) is 19.5 Å². The second-order valence-corrected chi connectivity index (χ2v) is 3.58. The summed E-state index contributed by atoms with van der Waals surface area (Å²) >= 11 is 2.52. The highest BCUT2D eigenvalue weighted by Gasteiger charge is 2.34. The highest BCUT2D eigenvalue weighted by atomic mass is 79.9. The fourth-order valence-electron chi connectivity index (χ4n) is 1.02. The monoisotopic (exact) mass is 289 g/mol. The topological polar surface area (TPSA) is 12.9 Å². The summed E-state index contributed by atoms with van der Waals surface area (Å²) in [5.74, 6) is 0. The molecule has 15 heavy (non-hydrogen) atoms. The molecule has 0 saturated heterocycles. The lowest BCUT2D eigenvalue weighted by Gasteiger charge is -2.11. The first-order chi connectivity index (χ1) is 6.73. The Hall–Kier alpha value is -0.720. The predicted octanol–water partition coefficient (Wildman–Crippen LogP) is 4.11. The number of pyridine rings is 1. The zero-order valence-electron chi connectivity index (χ0n) is 7.37. The van der Waals surface area contributed by atoms with E-state index in [0.717, 1.165) is 6.92 Å². The van der Waals surface area contributed by atoms with Gasteiger partial charge in [-0.2, -0.15) is 13.2 Å². The van der Waals surface area contributed by atoms with Crippen LogP contribution in [0.5, 0.6) is 0 Å². The molecule has 0 saturated carbocycles. The Labute approximate surface area is 90.4 Å².